The minimum Gasteiger partial charge on any atom is -0.371 e. The zero-order valence-corrected chi connectivity index (χ0v) is 12.6. The van der Waals surface area contributed by atoms with Gasteiger partial charge in [0.05, 0.1) is 0 Å². The van der Waals surface area contributed by atoms with E-state index in [1.54, 1.807) is 0 Å². The van der Waals surface area contributed by atoms with Gasteiger partial charge in [-0.2, -0.15) is 0 Å². The molecule has 2 nitrogen and oxygen atoms in total. The summed E-state index contributed by atoms with van der Waals surface area (Å²) in [5, 5.41) is 0.800. The van der Waals surface area contributed by atoms with Crippen molar-refractivity contribution in [2.45, 2.75) is 45.6 Å². The molecule has 3 heteroatoms. The Morgan fingerprint density at radius 1 is 1.32 bits per heavy atom. The second kappa shape index (κ2) is 7.16. The van der Waals surface area contributed by atoms with Crippen molar-refractivity contribution in [2.75, 3.05) is 18.0 Å². The lowest BCUT2D eigenvalue weighted by Crippen LogP contribution is -2.26. The molecule has 1 heterocycles. The minimum atomic E-state index is 0.518. The maximum atomic E-state index is 6.26. The molecule has 0 saturated carbocycles. The van der Waals surface area contributed by atoms with E-state index in [4.69, 9.17) is 17.3 Å². The van der Waals surface area contributed by atoms with Crippen molar-refractivity contribution in [3.05, 3.63) is 28.8 Å². The lowest BCUT2D eigenvalue weighted by Gasteiger charge is -2.26. The maximum absolute atomic E-state index is 6.26. The predicted molar refractivity (Wildman–Crippen MR) is 83.8 cm³/mol. The number of anilines is 1. The molecular weight excluding hydrogens is 256 g/mol. The molecule has 0 aromatic heterocycles. The Kier molecular flexibility index (Phi) is 5.53. The standard InChI is InChI=1S/C16H25ClN2/c1-2-5-13-6-4-10-19(11-9-13)16-8-3-7-15(17)14(16)12-18/h3,7-8,13H,2,4-6,9-12,18H2,1H3. The van der Waals surface area contributed by atoms with E-state index in [0.29, 0.717) is 6.54 Å². The molecule has 0 aliphatic carbocycles. The first-order chi connectivity index (χ1) is 9.26. The Morgan fingerprint density at radius 3 is 2.89 bits per heavy atom. The molecule has 1 aliphatic rings. The Labute approximate surface area is 121 Å². The number of hydrogen-bond acceptors (Lipinski definition) is 2. The molecule has 1 saturated heterocycles. The van der Waals surface area contributed by atoms with Gasteiger partial charge in [-0.15, -0.1) is 0 Å². The minimum absolute atomic E-state index is 0.518. The van der Waals surface area contributed by atoms with Gasteiger partial charge in [0.1, 0.15) is 0 Å². The third-order valence-corrected chi connectivity index (χ3v) is 4.54. The van der Waals surface area contributed by atoms with Crippen molar-refractivity contribution >= 4 is 17.3 Å². The number of benzene rings is 1. The number of rotatable bonds is 4. The molecule has 0 bridgehead atoms. The topological polar surface area (TPSA) is 29.3 Å². The molecule has 1 aromatic carbocycles. The first-order valence-corrected chi connectivity index (χ1v) is 7.86. The molecule has 0 radical (unpaired) electrons. The molecule has 2 N–H and O–H groups in total. The number of halogens is 1. The molecule has 106 valence electrons. The van der Waals surface area contributed by atoms with Crippen molar-refractivity contribution in [2.24, 2.45) is 11.7 Å². The highest BCUT2D eigenvalue weighted by Crippen LogP contribution is 2.30. The van der Waals surface area contributed by atoms with Crippen LogP contribution in [0.25, 0.3) is 0 Å². The summed E-state index contributed by atoms with van der Waals surface area (Å²) in [5.41, 5.74) is 8.20. The number of nitrogens with two attached hydrogens (primary N) is 1. The fourth-order valence-corrected chi connectivity index (χ4v) is 3.40. The summed E-state index contributed by atoms with van der Waals surface area (Å²) in [6.07, 6.45) is 6.61. The van der Waals surface area contributed by atoms with Crippen LogP contribution in [-0.2, 0) is 6.54 Å². The van der Waals surface area contributed by atoms with Gasteiger partial charge in [0.2, 0.25) is 0 Å². The maximum Gasteiger partial charge on any atom is 0.0471 e. The zero-order chi connectivity index (χ0) is 13.7. The molecule has 1 aromatic rings. The van der Waals surface area contributed by atoms with Crippen LogP contribution in [0.4, 0.5) is 5.69 Å². The van der Waals surface area contributed by atoms with Crippen LogP contribution in [0.1, 0.15) is 44.6 Å². The van der Waals surface area contributed by atoms with Crippen molar-refractivity contribution < 1.29 is 0 Å². The molecule has 1 fully saturated rings. The predicted octanol–water partition coefficient (Wildman–Crippen LogP) is 4.21. The van der Waals surface area contributed by atoms with Gasteiger partial charge in [0.15, 0.2) is 0 Å². The normalized spacial score (nSPS) is 20.4. The number of hydrogen-bond donors (Lipinski definition) is 1. The van der Waals surface area contributed by atoms with Gasteiger partial charge in [0, 0.05) is 35.9 Å². The summed E-state index contributed by atoms with van der Waals surface area (Å²) < 4.78 is 0. The summed E-state index contributed by atoms with van der Waals surface area (Å²) in [5.74, 6) is 0.899. The molecule has 1 unspecified atom stereocenters. The van der Waals surface area contributed by atoms with Gasteiger partial charge in [-0.1, -0.05) is 37.4 Å². The third-order valence-electron chi connectivity index (χ3n) is 4.18. The molecule has 1 aliphatic heterocycles. The van der Waals surface area contributed by atoms with Crippen LogP contribution in [0.5, 0.6) is 0 Å². The monoisotopic (exact) mass is 280 g/mol. The van der Waals surface area contributed by atoms with E-state index in [1.807, 2.05) is 12.1 Å². The highest BCUT2D eigenvalue weighted by molar-refractivity contribution is 6.31. The second-order valence-corrected chi connectivity index (χ2v) is 5.92. The SMILES string of the molecule is CCCC1CCCN(c2cccc(Cl)c2CN)CC1. The summed E-state index contributed by atoms with van der Waals surface area (Å²) in [6, 6.07) is 6.13. The van der Waals surface area contributed by atoms with Crippen molar-refractivity contribution in [1.82, 2.24) is 0 Å². The van der Waals surface area contributed by atoms with Crippen molar-refractivity contribution in [1.29, 1.82) is 0 Å². The molecule has 1 atom stereocenters. The Morgan fingerprint density at radius 2 is 2.16 bits per heavy atom. The van der Waals surface area contributed by atoms with Crippen LogP contribution in [-0.4, -0.2) is 13.1 Å². The highest BCUT2D eigenvalue weighted by atomic mass is 35.5. The largest absolute Gasteiger partial charge is 0.371 e. The molecule has 19 heavy (non-hydrogen) atoms. The molecule has 0 amide bonds. The molecular formula is C16H25ClN2. The summed E-state index contributed by atoms with van der Waals surface area (Å²) in [4.78, 5) is 2.48. The first-order valence-electron chi connectivity index (χ1n) is 7.48. The fourth-order valence-electron chi connectivity index (χ4n) is 3.15. The van der Waals surface area contributed by atoms with Gasteiger partial charge in [0.25, 0.3) is 0 Å². The van der Waals surface area contributed by atoms with Gasteiger partial charge in [-0.05, 0) is 37.3 Å². The van der Waals surface area contributed by atoms with Crippen LogP contribution < -0.4 is 10.6 Å². The second-order valence-electron chi connectivity index (χ2n) is 5.51. The fraction of sp³-hybridized carbons (Fsp3) is 0.625. The van der Waals surface area contributed by atoms with E-state index in [9.17, 15) is 0 Å². The molecule has 0 spiro atoms. The molecule has 2 rings (SSSR count). The average Bonchev–Trinajstić information content (AvgIpc) is 2.64. The van der Waals surface area contributed by atoms with Crippen LogP contribution in [0.2, 0.25) is 5.02 Å². The van der Waals surface area contributed by atoms with Crippen LogP contribution in [0.3, 0.4) is 0 Å². The van der Waals surface area contributed by atoms with Gasteiger partial charge < -0.3 is 10.6 Å². The summed E-state index contributed by atoms with van der Waals surface area (Å²) in [6.45, 7) is 5.07. The van der Waals surface area contributed by atoms with Gasteiger partial charge in [-0.25, -0.2) is 0 Å². The summed E-state index contributed by atoms with van der Waals surface area (Å²) >= 11 is 6.26. The average molecular weight is 281 g/mol. The van der Waals surface area contributed by atoms with E-state index < -0.39 is 0 Å². The summed E-state index contributed by atoms with van der Waals surface area (Å²) in [7, 11) is 0. The lowest BCUT2D eigenvalue weighted by molar-refractivity contribution is 0.435. The Bertz CT molecular complexity index is 406. The zero-order valence-electron chi connectivity index (χ0n) is 11.9. The highest BCUT2D eigenvalue weighted by Gasteiger charge is 2.19. The smallest absolute Gasteiger partial charge is 0.0471 e. The van der Waals surface area contributed by atoms with Gasteiger partial charge >= 0.3 is 0 Å². The van der Waals surface area contributed by atoms with E-state index >= 15 is 0 Å². The van der Waals surface area contributed by atoms with Crippen LogP contribution in [0, 0.1) is 5.92 Å². The lowest BCUT2D eigenvalue weighted by atomic mass is 9.96. The van der Waals surface area contributed by atoms with Gasteiger partial charge in [-0.3, -0.25) is 0 Å². The first kappa shape index (κ1) is 14.7. The van der Waals surface area contributed by atoms with Crippen molar-refractivity contribution in [3.8, 4) is 0 Å². The third kappa shape index (κ3) is 3.64. The van der Waals surface area contributed by atoms with E-state index in [-0.39, 0.29) is 0 Å². The van der Waals surface area contributed by atoms with Crippen LogP contribution in [0.15, 0.2) is 18.2 Å². The Balaban J connectivity index is 2.12. The van der Waals surface area contributed by atoms with Crippen molar-refractivity contribution in [3.63, 3.8) is 0 Å². The van der Waals surface area contributed by atoms with E-state index in [1.165, 1.54) is 37.8 Å². The van der Waals surface area contributed by atoms with E-state index in [2.05, 4.69) is 17.9 Å². The van der Waals surface area contributed by atoms with Crippen LogP contribution >= 0.6 is 11.6 Å². The quantitative estimate of drug-likeness (QED) is 0.895. The Hall–Kier alpha value is -0.730. The van der Waals surface area contributed by atoms with E-state index in [0.717, 1.165) is 29.6 Å². The number of nitrogens with zero attached hydrogens (tertiary/aromatic N) is 1.